The molecule has 0 saturated carbocycles. The lowest BCUT2D eigenvalue weighted by molar-refractivity contribution is -0.899. The number of alkyl halides is 3. The molecule has 2 amide bonds. The molecule has 1 aliphatic rings. The highest BCUT2D eigenvalue weighted by Gasteiger charge is 2.32. The maximum atomic E-state index is 13.0. The molecule has 1 unspecified atom stereocenters. The molecule has 1 saturated heterocycles. The Balaban J connectivity index is 2.08. The van der Waals surface area contributed by atoms with Crippen LogP contribution in [0.4, 0.5) is 18.9 Å². The smallest absolute Gasteiger partial charge is 0.416 e. The summed E-state index contributed by atoms with van der Waals surface area (Å²) in [4.78, 5) is 24.6. The molecule has 0 bridgehead atoms. The van der Waals surface area contributed by atoms with Crippen LogP contribution in [0.1, 0.15) is 18.4 Å². The van der Waals surface area contributed by atoms with Crippen molar-refractivity contribution in [2.45, 2.75) is 19.0 Å². The largest absolute Gasteiger partial charge is 0.489 e. The minimum Gasteiger partial charge on any atom is -0.489 e. The number of likely N-dealkylation sites (tertiary alicyclic amines) is 1. The first kappa shape index (κ1) is 22.0. The number of hydrogen-bond acceptors (Lipinski definition) is 4. The fraction of sp³-hybridized carbons (Fsp3) is 0.556. The zero-order chi connectivity index (χ0) is 20.7. The van der Waals surface area contributed by atoms with Gasteiger partial charge in [-0.25, -0.2) is 0 Å². The minimum absolute atomic E-state index is 0.0253. The average molecular weight is 404 g/mol. The number of ether oxygens (including phenoxy) is 2. The lowest BCUT2D eigenvalue weighted by Gasteiger charge is -2.27. The third-order valence-corrected chi connectivity index (χ3v) is 4.56. The Labute approximate surface area is 161 Å². The van der Waals surface area contributed by atoms with E-state index in [1.807, 2.05) is 0 Å². The van der Waals surface area contributed by atoms with Crippen LogP contribution in [0.15, 0.2) is 18.2 Å². The van der Waals surface area contributed by atoms with Gasteiger partial charge in [0.25, 0.3) is 5.91 Å². The number of carbonyl (C=O) groups is 2. The molecule has 0 radical (unpaired) electrons. The average Bonchev–Trinajstić information content (AvgIpc) is 2.62. The maximum absolute atomic E-state index is 13.0. The number of nitrogens with one attached hydrogen (secondary N) is 2. The number of primary amides is 1. The topological polar surface area (TPSA) is 95.1 Å². The first-order chi connectivity index (χ1) is 13.2. The normalized spacial score (nSPS) is 19.9. The molecule has 1 aliphatic heterocycles. The number of carbonyl (C=O) groups excluding carboxylic acids is 2. The molecule has 2 atom stereocenters. The first-order valence-corrected chi connectivity index (χ1v) is 8.96. The van der Waals surface area contributed by atoms with E-state index >= 15 is 0 Å². The third-order valence-electron chi connectivity index (χ3n) is 4.56. The highest BCUT2D eigenvalue weighted by molar-refractivity contribution is 5.93. The van der Waals surface area contributed by atoms with E-state index < -0.39 is 23.6 Å². The molecule has 2 rings (SSSR count). The Morgan fingerprint density at radius 2 is 2.07 bits per heavy atom. The van der Waals surface area contributed by atoms with E-state index in [-0.39, 0.29) is 37.1 Å². The van der Waals surface area contributed by atoms with Crippen LogP contribution in [-0.4, -0.2) is 51.8 Å². The Morgan fingerprint density at radius 1 is 1.32 bits per heavy atom. The van der Waals surface area contributed by atoms with Crippen molar-refractivity contribution in [1.29, 1.82) is 0 Å². The van der Waals surface area contributed by atoms with Gasteiger partial charge in [-0.15, -0.1) is 0 Å². The van der Waals surface area contributed by atoms with Crippen molar-refractivity contribution in [3.63, 3.8) is 0 Å². The standard InChI is InChI=1S/C18H24F3N3O4/c1-27-7-8-28-15-5-4-13(18(19,20)21)9-14(15)23-16(25)11-24-6-2-3-12(10-24)17(22)26/h4-5,9,12H,2-3,6-8,10-11H2,1H3,(H2,22,26)(H,23,25)/p+1/t12-/m0/s1. The van der Waals surface area contributed by atoms with Gasteiger partial charge in [-0.2, -0.15) is 13.2 Å². The quantitative estimate of drug-likeness (QED) is 0.549. The van der Waals surface area contributed by atoms with Crippen LogP contribution < -0.4 is 20.7 Å². The van der Waals surface area contributed by atoms with E-state index in [1.165, 1.54) is 13.2 Å². The second kappa shape index (κ2) is 9.74. The van der Waals surface area contributed by atoms with Gasteiger partial charge in [-0.1, -0.05) is 0 Å². The zero-order valence-electron chi connectivity index (χ0n) is 15.6. The van der Waals surface area contributed by atoms with Gasteiger partial charge in [0.1, 0.15) is 12.4 Å². The predicted molar refractivity (Wildman–Crippen MR) is 94.9 cm³/mol. The van der Waals surface area contributed by atoms with Crippen molar-refractivity contribution in [3.05, 3.63) is 23.8 Å². The minimum atomic E-state index is -4.54. The highest BCUT2D eigenvalue weighted by Crippen LogP contribution is 2.35. The molecule has 0 spiro atoms. The summed E-state index contributed by atoms with van der Waals surface area (Å²) in [5.41, 5.74) is 4.39. The molecular formula is C18H25F3N3O4+. The third kappa shape index (κ3) is 6.38. The first-order valence-electron chi connectivity index (χ1n) is 8.96. The van der Waals surface area contributed by atoms with Crippen LogP contribution in [0.5, 0.6) is 5.75 Å². The summed E-state index contributed by atoms with van der Waals surface area (Å²) in [5.74, 6) is -1.03. The van der Waals surface area contributed by atoms with Crippen molar-refractivity contribution in [2.24, 2.45) is 11.7 Å². The van der Waals surface area contributed by atoms with Crippen LogP contribution in [0.25, 0.3) is 0 Å². The van der Waals surface area contributed by atoms with Gasteiger partial charge in [0.05, 0.1) is 36.9 Å². The fourth-order valence-corrected chi connectivity index (χ4v) is 3.14. The molecule has 1 fully saturated rings. The van der Waals surface area contributed by atoms with E-state index in [0.717, 1.165) is 23.5 Å². The van der Waals surface area contributed by atoms with Crippen LogP contribution in [0, 0.1) is 5.92 Å². The number of quaternary nitrogens is 1. The van der Waals surface area contributed by atoms with Crippen molar-refractivity contribution in [2.75, 3.05) is 45.3 Å². The van der Waals surface area contributed by atoms with Crippen LogP contribution in [0.3, 0.4) is 0 Å². The SMILES string of the molecule is COCCOc1ccc(C(F)(F)F)cc1NC(=O)C[NH+]1CCC[C@H](C(N)=O)C1. The number of rotatable bonds is 8. The number of halogens is 3. The van der Waals surface area contributed by atoms with Crippen molar-refractivity contribution >= 4 is 17.5 Å². The lowest BCUT2D eigenvalue weighted by Crippen LogP contribution is -3.14. The monoisotopic (exact) mass is 404 g/mol. The summed E-state index contributed by atoms with van der Waals surface area (Å²) in [6.07, 6.45) is -3.10. The molecule has 1 heterocycles. The van der Waals surface area contributed by atoms with Gasteiger partial charge in [-0.3, -0.25) is 9.59 Å². The Hall–Kier alpha value is -2.33. The van der Waals surface area contributed by atoms with E-state index in [9.17, 15) is 22.8 Å². The van der Waals surface area contributed by atoms with Gasteiger partial charge in [-0.05, 0) is 31.0 Å². The molecule has 1 aromatic carbocycles. The summed E-state index contributed by atoms with van der Waals surface area (Å²) in [6, 6.07) is 2.91. The van der Waals surface area contributed by atoms with Gasteiger partial charge in [0.15, 0.2) is 6.54 Å². The van der Waals surface area contributed by atoms with Gasteiger partial charge in [0.2, 0.25) is 5.91 Å². The molecule has 10 heteroatoms. The number of methoxy groups -OCH3 is 1. The number of benzene rings is 1. The Kier molecular flexibility index (Phi) is 7.64. The molecule has 0 aliphatic carbocycles. The van der Waals surface area contributed by atoms with E-state index in [4.69, 9.17) is 15.2 Å². The second-order valence-corrected chi connectivity index (χ2v) is 6.72. The maximum Gasteiger partial charge on any atom is 0.416 e. The molecule has 28 heavy (non-hydrogen) atoms. The van der Waals surface area contributed by atoms with Crippen LogP contribution in [0.2, 0.25) is 0 Å². The summed E-state index contributed by atoms with van der Waals surface area (Å²) in [6.45, 7) is 1.53. The van der Waals surface area contributed by atoms with Crippen molar-refractivity contribution in [3.8, 4) is 5.75 Å². The van der Waals surface area contributed by atoms with Gasteiger partial charge in [0, 0.05) is 7.11 Å². The molecule has 156 valence electrons. The van der Waals surface area contributed by atoms with Gasteiger partial charge >= 0.3 is 6.18 Å². The number of amides is 2. The summed E-state index contributed by atoms with van der Waals surface area (Å²) < 4.78 is 49.3. The zero-order valence-corrected chi connectivity index (χ0v) is 15.6. The Morgan fingerprint density at radius 3 is 2.71 bits per heavy atom. The number of anilines is 1. The van der Waals surface area contributed by atoms with E-state index in [1.54, 1.807) is 0 Å². The number of hydrogen-bond donors (Lipinski definition) is 3. The Bertz CT molecular complexity index is 697. The number of nitrogens with two attached hydrogens (primary N) is 1. The van der Waals surface area contributed by atoms with E-state index in [0.29, 0.717) is 19.5 Å². The number of piperidine rings is 1. The summed E-state index contributed by atoms with van der Waals surface area (Å²) in [5, 5.41) is 2.50. The molecule has 4 N–H and O–H groups in total. The fourth-order valence-electron chi connectivity index (χ4n) is 3.14. The van der Waals surface area contributed by atoms with Gasteiger partial charge < -0.3 is 25.4 Å². The van der Waals surface area contributed by atoms with Crippen molar-refractivity contribution in [1.82, 2.24) is 0 Å². The molecule has 7 nitrogen and oxygen atoms in total. The summed E-state index contributed by atoms with van der Waals surface area (Å²) >= 11 is 0. The van der Waals surface area contributed by atoms with Crippen molar-refractivity contribution < 1.29 is 37.1 Å². The van der Waals surface area contributed by atoms with Crippen LogP contribution >= 0.6 is 0 Å². The van der Waals surface area contributed by atoms with E-state index in [2.05, 4.69) is 5.32 Å². The molecule has 1 aromatic rings. The second-order valence-electron chi connectivity index (χ2n) is 6.72. The molecule has 0 aromatic heterocycles. The molecular weight excluding hydrogens is 379 g/mol. The lowest BCUT2D eigenvalue weighted by atomic mass is 9.97. The van der Waals surface area contributed by atoms with Crippen LogP contribution in [-0.2, 0) is 20.5 Å². The summed E-state index contributed by atoms with van der Waals surface area (Å²) in [7, 11) is 1.47. The highest BCUT2D eigenvalue weighted by atomic mass is 19.4. The predicted octanol–water partition coefficient (Wildman–Crippen LogP) is 0.449.